The Labute approximate surface area is 327 Å². The van der Waals surface area contributed by atoms with Crippen LogP contribution in [0.15, 0.2) is 42.2 Å². The van der Waals surface area contributed by atoms with Gasteiger partial charge in [-0.05, 0) is 183 Å². The molecule has 0 radical (unpaired) electrons. The summed E-state index contributed by atoms with van der Waals surface area (Å²) >= 11 is 15.6. The highest BCUT2D eigenvalue weighted by Crippen LogP contribution is 2.56. The second-order valence-electron chi connectivity index (χ2n) is 13.6. The van der Waals surface area contributed by atoms with Crippen molar-refractivity contribution in [2.75, 3.05) is 0 Å². The fourth-order valence-electron chi connectivity index (χ4n) is 7.58. The summed E-state index contributed by atoms with van der Waals surface area (Å²) in [5, 5.41) is 55.8. The van der Waals surface area contributed by atoms with E-state index in [2.05, 4.69) is 116 Å². The van der Waals surface area contributed by atoms with Crippen LogP contribution >= 0.6 is 63.7 Å². The Morgan fingerprint density at radius 1 is 0.360 bits per heavy atom. The topological polar surface area (TPSA) is 80.9 Å². The first kappa shape index (κ1) is 37.5. The summed E-state index contributed by atoms with van der Waals surface area (Å²) in [5.41, 5.74) is 3.44. The molecule has 0 bridgehead atoms. The number of rotatable bonds is 12. The van der Waals surface area contributed by atoms with Gasteiger partial charge in [0.05, 0.1) is 17.9 Å². The van der Waals surface area contributed by atoms with Gasteiger partial charge in [0.15, 0.2) is 0 Å². The number of aromatic hydroxyl groups is 4. The molecule has 0 aromatic heterocycles. The van der Waals surface area contributed by atoms with E-state index in [1.807, 2.05) is 0 Å². The van der Waals surface area contributed by atoms with Crippen LogP contribution in [0.1, 0.15) is 101 Å². The van der Waals surface area contributed by atoms with E-state index in [9.17, 15) is 20.4 Å². The fraction of sp³-hybridized carbons (Fsp3) is 0.381. The van der Waals surface area contributed by atoms with E-state index in [1.54, 1.807) is 0 Å². The summed E-state index contributed by atoms with van der Waals surface area (Å²) in [7, 11) is 0. The van der Waals surface area contributed by atoms with E-state index < -0.39 is 0 Å². The first-order valence-corrected chi connectivity index (χ1v) is 21.1. The molecule has 0 spiro atoms. The molecule has 50 heavy (non-hydrogen) atoms. The highest BCUT2D eigenvalue weighted by molar-refractivity contribution is 9.11. The predicted molar refractivity (Wildman–Crippen MR) is 226 cm³/mol. The summed E-state index contributed by atoms with van der Waals surface area (Å²) in [5.74, 6) is 0.836. The summed E-state index contributed by atoms with van der Waals surface area (Å²) in [6, 6.07) is 8.44. The minimum Gasteiger partial charge on any atom is -0.506 e. The van der Waals surface area contributed by atoms with Gasteiger partial charge in [-0.2, -0.15) is 0 Å². The normalized spacial score (nSPS) is 12.1. The van der Waals surface area contributed by atoms with Gasteiger partial charge in [0.25, 0.3) is 0 Å². The molecular formula is C42H44Br4O4. The van der Waals surface area contributed by atoms with Crippen molar-refractivity contribution < 1.29 is 20.4 Å². The molecule has 0 aliphatic rings. The first-order valence-electron chi connectivity index (χ1n) is 18.0. The highest BCUT2D eigenvalue weighted by Gasteiger charge is 2.28. The second-order valence-corrected chi connectivity index (χ2v) is 16.8. The molecule has 0 unspecified atom stereocenters. The molecule has 4 N–H and O–H groups in total. The predicted octanol–water partition coefficient (Wildman–Crippen LogP) is 14.7. The van der Waals surface area contributed by atoms with Gasteiger partial charge in [-0.1, -0.05) is 53.4 Å². The van der Waals surface area contributed by atoms with Gasteiger partial charge in [-0.3, -0.25) is 0 Å². The number of benzene rings is 6. The number of phenolic OH excluding ortho intramolecular Hbond substituents is 4. The molecule has 0 saturated heterocycles. The molecule has 6 rings (SSSR count). The largest absolute Gasteiger partial charge is 0.506 e. The summed E-state index contributed by atoms with van der Waals surface area (Å²) < 4.78 is 2.37. The zero-order valence-corrected chi connectivity index (χ0v) is 35.4. The molecule has 0 aliphatic carbocycles. The Morgan fingerprint density at radius 3 is 0.740 bits per heavy atom. The molecule has 6 aromatic rings. The van der Waals surface area contributed by atoms with Crippen molar-refractivity contribution in [2.24, 2.45) is 0 Å². The number of halogens is 4. The zero-order valence-electron chi connectivity index (χ0n) is 29.1. The maximum atomic E-state index is 11.8. The smallest absolute Gasteiger partial charge is 0.133 e. The van der Waals surface area contributed by atoms with E-state index in [0.29, 0.717) is 17.9 Å². The van der Waals surface area contributed by atoms with Gasteiger partial charge in [-0.25, -0.2) is 0 Å². The summed E-state index contributed by atoms with van der Waals surface area (Å²) in [6.07, 6.45) is 10.6. The second kappa shape index (κ2) is 15.4. The molecule has 6 aromatic carbocycles. The zero-order chi connectivity index (χ0) is 36.0. The number of fused-ring (bicyclic) bond motifs is 11. The SMILES string of the molecule is CCCCc1cc2c3cc(CCCC)c(O)c(Br)c3c3c4c(Br)c(O)c(CCCC)cc4c4cc(CCCC)c(O)c(Br)c4c3c2c(Br)c1O. The van der Waals surface area contributed by atoms with Crippen LogP contribution in [-0.4, -0.2) is 20.4 Å². The van der Waals surface area contributed by atoms with Crippen LogP contribution in [0.4, 0.5) is 0 Å². The molecule has 8 heteroatoms. The van der Waals surface area contributed by atoms with Crippen LogP contribution in [-0.2, 0) is 25.7 Å². The molecule has 0 atom stereocenters. The monoisotopic (exact) mass is 928 g/mol. The van der Waals surface area contributed by atoms with Crippen molar-refractivity contribution in [3.63, 3.8) is 0 Å². The Balaban J connectivity index is 2.01. The lowest BCUT2D eigenvalue weighted by Crippen LogP contribution is -1.98. The van der Waals surface area contributed by atoms with E-state index in [0.717, 1.165) is 153 Å². The number of hydrogen-bond acceptors (Lipinski definition) is 4. The molecule has 0 heterocycles. The first-order chi connectivity index (χ1) is 24.0. The summed E-state index contributed by atoms with van der Waals surface area (Å²) in [4.78, 5) is 0. The van der Waals surface area contributed by atoms with Gasteiger partial charge in [0, 0.05) is 32.3 Å². The minimum atomic E-state index is 0.209. The van der Waals surface area contributed by atoms with E-state index in [-0.39, 0.29) is 23.0 Å². The lowest BCUT2D eigenvalue weighted by Gasteiger charge is -2.23. The van der Waals surface area contributed by atoms with Gasteiger partial charge in [0.1, 0.15) is 23.0 Å². The van der Waals surface area contributed by atoms with Gasteiger partial charge >= 0.3 is 0 Å². The third-order valence-electron chi connectivity index (χ3n) is 10.3. The minimum absolute atomic E-state index is 0.209. The van der Waals surface area contributed by atoms with Crippen molar-refractivity contribution in [1.82, 2.24) is 0 Å². The number of phenols is 4. The lowest BCUT2D eigenvalue weighted by atomic mass is 9.84. The molecule has 0 saturated carbocycles. The Hall–Kier alpha value is -2.26. The third kappa shape index (κ3) is 6.18. The molecule has 0 amide bonds. The van der Waals surface area contributed by atoms with Crippen molar-refractivity contribution in [1.29, 1.82) is 0 Å². The third-order valence-corrected chi connectivity index (χ3v) is 13.4. The van der Waals surface area contributed by atoms with Crippen LogP contribution < -0.4 is 0 Å². The van der Waals surface area contributed by atoms with Crippen LogP contribution in [0.3, 0.4) is 0 Å². The number of hydrogen-bond donors (Lipinski definition) is 4. The van der Waals surface area contributed by atoms with Crippen molar-refractivity contribution in [2.45, 2.75) is 105 Å². The van der Waals surface area contributed by atoms with Gasteiger partial charge in [0.2, 0.25) is 0 Å². The Bertz CT molecular complexity index is 1990. The number of aryl methyl sites for hydroxylation is 4. The average molecular weight is 932 g/mol. The van der Waals surface area contributed by atoms with Crippen molar-refractivity contribution in [3.05, 3.63) is 64.4 Å². The van der Waals surface area contributed by atoms with Gasteiger partial charge in [-0.15, -0.1) is 0 Å². The Morgan fingerprint density at radius 2 is 0.560 bits per heavy atom. The average Bonchev–Trinajstić information content (AvgIpc) is 3.11. The van der Waals surface area contributed by atoms with Crippen LogP contribution in [0.2, 0.25) is 0 Å². The van der Waals surface area contributed by atoms with Crippen LogP contribution in [0.5, 0.6) is 23.0 Å². The summed E-state index contributed by atoms with van der Waals surface area (Å²) in [6.45, 7) is 8.58. The molecule has 264 valence electrons. The standard InChI is InChI=1S/C42H44Br4O4/c1-5-9-13-21-17-25-26-18-22(14-10-6-2)40(48)36(44)30(26)34-32-28(20-24(16-12-8-4)42(50)38(32)46)27-19-23(15-11-7-3)41(49)37(45)31(27)33(34)29(25)35(43)39(21)47/h17-20,47-50H,5-16H2,1-4H3. The quantitative estimate of drug-likeness (QED) is 0.0922. The molecular weight excluding hydrogens is 888 g/mol. The maximum Gasteiger partial charge on any atom is 0.133 e. The van der Waals surface area contributed by atoms with E-state index in [4.69, 9.17) is 0 Å². The van der Waals surface area contributed by atoms with Crippen molar-refractivity contribution in [3.8, 4) is 23.0 Å². The van der Waals surface area contributed by atoms with Gasteiger partial charge < -0.3 is 20.4 Å². The lowest BCUT2D eigenvalue weighted by molar-refractivity contribution is 0.464. The highest BCUT2D eigenvalue weighted by atomic mass is 79.9. The maximum absolute atomic E-state index is 11.8. The van der Waals surface area contributed by atoms with Crippen LogP contribution in [0.25, 0.3) is 53.9 Å². The fourth-order valence-corrected chi connectivity index (χ4v) is 10.2. The number of unbranched alkanes of at least 4 members (excludes halogenated alkanes) is 4. The Kier molecular flexibility index (Phi) is 11.5. The van der Waals surface area contributed by atoms with E-state index >= 15 is 0 Å². The van der Waals surface area contributed by atoms with E-state index in [1.165, 1.54) is 0 Å². The molecule has 4 nitrogen and oxygen atoms in total. The van der Waals surface area contributed by atoms with Crippen molar-refractivity contribution >= 4 is 118 Å². The molecule has 0 fully saturated rings. The van der Waals surface area contributed by atoms with Crippen LogP contribution in [0, 0.1) is 0 Å². The molecule has 0 aliphatic heterocycles.